The van der Waals surface area contributed by atoms with Gasteiger partial charge in [-0.25, -0.2) is 0 Å². The third-order valence-electron chi connectivity index (χ3n) is 5.28. The molecule has 1 fully saturated rings. The van der Waals surface area contributed by atoms with Gasteiger partial charge in [0.15, 0.2) is 17.7 Å². The van der Waals surface area contributed by atoms with Crippen molar-refractivity contribution in [2.45, 2.75) is 31.7 Å². The number of hydrogen-bond acceptors (Lipinski definition) is 5. The highest BCUT2D eigenvalue weighted by molar-refractivity contribution is 5.74. The summed E-state index contributed by atoms with van der Waals surface area (Å²) < 4.78 is 5.86. The highest BCUT2D eigenvalue weighted by Gasteiger charge is 2.49. The second-order valence-corrected chi connectivity index (χ2v) is 6.83. The maximum absolute atomic E-state index is 6.01. The molecule has 0 aromatic carbocycles. The van der Waals surface area contributed by atoms with Crippen LogP contribution < -0.4 is 15.8 Å². The van der Waals surface area contributed by atoms with Crippen LogP contribution in [0.25, 0.3) is 11.9 Å². The molecular weight excluding hydrogens is 316 g/mol. The maximum atomic E-state index is 6.01. The molecule has 6 heteroatoms. The van der Waals surface area contributed by atoms with Crippen molar-refractivity contribution in [3.05, 3.63) is 51.9 Å². The summed E-state index contributed by atoms with van der Waals surface area (Å²) in [4.78, 5) is 6.01. The van der Waals surface area contributed by atoms with E-state index in [9.17, 15) is 0 Å². The summed E-state index contributed by atoms with van der Waals surface area (Å²) in [6, 6.07) is 0.503. The lowest BCUT2D eigenvalue weighted by atomic mass is 9.91. The quantitative estimate of drug-likeness (QED) is 0.843. The first-order chi connectivity index (χ1) is 12.3. The molecule has 1 N–H and O–H groups in total. The summed E-state index contributed by atoms with van der Waals surface area (Å²) in [7, 11) is 3.41. The minimum atomic E-state index is 0.113. The van der Waals surface area contributed by atoms with Crippen molar-refractivity contribution in [2.24, 2.45) is 0 Å². The lowest BCUT2D eigenvalue weighted by molar-refractivity contribution is -0.962. The number of anilines is 1. The van der Waals surface area contributed by atoms with Gasteiger partial charge in [-0.1, -0.05) is 16.8 Å². The van der Waals surface area contributed by atoms with Gasteiger partial charge >= 0.3 is 5.88 Å². The molecule has 0 spiro atoms. The van der Waals surface area contributed by atoms with Crippen LogP contribution in [0.4, 0.5) is 5.82 Å². The lowest BCUT2D eigenvalue weighted by Crippen LogP contribution is -2.42. The van der Waals surface area contributed by atoms with Crippen molar-refractivity contribution in [3.8, 4) is 0 Å². The minimum absolute atomic E-state index is 0.113. The second-order valence-electron chi connectivity index (χ2n) is 6.83. The monoisotopic (exact) mass is 337 g/mol. The van der Waals surface area contributed by atoms with Crippen LogP contribution in [-0.4, -0.2) is 35.1 Å². The average molecular weight is 337 g/mol. The van der Waals surface area contributed by atoms with E-state index in [2.05, 4.69) is 39.9 Å². The van der Waals surface area contributed by atoms with Crippen molar-refractivity contribution in [1.29, 1.82) is 0 Å². The summed E-state index contributed by atoms with van der Waals surface area (Å²) in [6.07, 6.45) is 14.8. The highest BCUT2D eigenvalue weighted by Crippen LogP contribution is 2.43. The van der Waals surface area contributed by atoms with E-state index < -0.39 is 0 Å². The number of nitrogens with zero attached hydrogens (tertiary/aromatic N) is 3. The van der Waals surface area contributed by atoms with Gasteiger partial charge in [0.2, 0.25) is 0 Å². The Balaban J connectivity index is 1.86. The zero-order valence-corrected chi connectivity index (χ0v) is 14.5. The summed E-state index contributed by atoms with van der Waals surface area (Å²) in [5.41, 5.74) is 3.56. The largest absolute Gasteiger partial charge is 0.452 e. The highest BCUT2D eigenvalue weighted by atomic mass is 16.7. The first-order valence-electron chi connectivity index (χ1n) is 8.73. The summed E-state index contributed by atoms with van der Waals surface area (Å²) in [5, 5.41) is 14.2. The van der Waals surface area contributed by atoms with Crippen molar-refractivity contribution in [2.75, 3.05) is 19.5 Å². The molecule has 1 atom stereocenters. The van der Waals surface area contributed by atoms with Crippen LogP contribution in [-0.2, 0) is 9.57 Å². The lowest BCUT2D eigenvalue weighted by Gasteiger charge is -2.34. The van der Waals surface area contributed by atoms with Crippen LogP contribution in [0.15, 0.2) is 41.5 Å². The molecule has 2 aliphatic carbocycles. The van der Waals surface area contributed by atoms with E-state index >= 15 is 0 Å². The number of hydroxylamine groups is 3. The molecule has 0 radical (unpaired) electrons. The number of hydrogen-bond donors (Lipinski definition) is 1. The summed E-state index contributed by atoms with van der Waals surface area (Å²) in [5.74, 6) is 1.60. The molecule has 0 bridgehead atoms. The van der Waals surface area contributed by atoms with Gasteiger partial charge in [-0.3, -0.25) is 0 Å². The predicted molar refractivity (Wildman–Crippen MR) is 93.6 cm³/mol. The molecule has 25 heavy (non-hydrogen) atoms. The topological polar surface area (TPSA) is 56.3 Å². The Morgan fingerprint density at radius 3 is 2.92 bits per heavy atom. The van der Waals surface area contributed by atoms with Crippen molar-refractivity contribution >= 4 is 17.7 Å². The third-order valence-corrected chi connectivity index (χ3v) is 5.28. The third kappa shape index (κ3) is 2.04. The molecule has 2 aliphatic heterocycles. The number of ether oxygens (including phenoxy) is 1. The van der Waals surface area contributed by atoms with Gasteiger partial charge in [0.25, 0.3) is 0 Å². The fourth-order valence-corrected chi connectivity index (χ4v) is 3.92. The summed E-state index contributed by atoms with van der Waals surface area (Å²) in [6.45, 7) is 0. The van der Waals surface area contributed by atoms with Gasteiger partial charge in [-0.15, -0.1) is 5.10 Å². The zero-order valence-electron chi connectivity index (χ0n) is 14.5. The number of rotatable bonds is 4. The van der Waals surface area contributed by atoms with Gasteiger partial charge in [0, 0.05) is 17.7 Å². The molecule has 5 rings (SSSR count). The van der Waals surface area contributed by atoms with Crippen LogP contribution in [0.1, 0.15) is 25.7 Å². The second kappa shape index (κ2) is 5.28. The van der Waals surface area contributed by atoms with Gasteiger partial charge in [0.1, 0.15) is 0 Å². The molecule has 1 unspecified atom stereocenters. The Labute approximate surface area is 146 Å². The van der Waals surface area contributed by atoms with E-state index in [0.29, 0.717) is 6.04 Å². The fraction of sp³-hybridized carbons (Fsp3) is 0.368. The first kappa shape index (κ1) is 14.9. The molecule has 1 aromatic heterocycles. The zero-order chi connectivity index (χ0) is 17.0. The van der Waals surface area contributed by atoms with Crippen LogP contribution in [0.5, 0.6) is 0 Å². The number of quaternary nitrogens is 1. The normalized spacial score (nSPS) is 26.5. The first-order valence-corrected chi connectivity index (χ1v) is 8.73. The van der Waals surface area contributed by atoms with Gasteiger partial charge in [-0.2, -0.15) is 9.94 Å². The molecule has 0 saturated heterocycles. The molecule has 1 aromatic rings. The SMILES string of the molecule is COC1=CC2=C(C=CCC2)C2=c3c(NC4CC4)nncc3=C[N+]12OC. The molecule has 3 heterocycles. The standard InChI is InChI=1S/C19H21N4O2/c1-24-16-9-12-5-3-4-6-15(12)18-17-13(11-23(16,18)25-2)10-20-22-19(17)21-14-7-8-14/h4,6,9-11,14H,3,5,7-8H2,1-2H3,(H,21,22)/q+1. The van der Waals surface area contributed by atoms with E-state index in [1.54, 1.807) is 20.4 Å². The van der Waals surface area contributed by atoms with Gasteiger partial charge in [-0.05, 0) is 31.3 Å². The predicted octanol–water partition coefficient (Wildman–Crippen LogP) is 1.44. The smallest absolute Gasteiger partial charge is 0.335 e. The number of allylic oxidation sites excluding steroid dienone is 3. The average Bonchev–Trinajstić information content (AvgIpc) is 3.38. The maximum Gasteiger partial charge on any atom is 0.335 e. The molecule has 0 amide bonds. The Morgan fingerprint density at radius 1 is 1.28 bits per heavy atom. The van der Waals surface area contributed by atoms with E-state index in [0.717, 1.165) is 40.7 Å². The Kier molecular flexibility index (Phi) is 3.14. The van der Waals surface area contributed by atoms with E-state index in [1.807, 2.05) is 0 Å². The molecular formula is C19H21N4O2+. The number of methoxy groups -OCH3 is 1. The molecule has 128 valence electrons. The minimum Gasteiger partial charge on any atom is -0.452 e. The Hall–Kier alpha value is -2.44. The van der Waals surface area contributed by atoms with Crippen LogP contribution in [0, 0.1) is 0 Å². The van der Waals surface area contributed by atoms with Gasteiger partial charge in [0.05, 0.1) is 30.9 Å². The van der Waals surface area contributed by atoms with E-state index in [1.165, 1.54) is 24.0 Å². The fourth-order valence-electron chi connectivity index (χ4n) is 3.92. The molecule has 1 saturated carbocycles. The number of aromatic nitrogens is 2. The van der Waals surface area contributed by atoms with Crippen molar-refractivity contribution in [1.82, 2.24) is 10.2 Å². The molecule has 6 nitrogen and oxygen atoms in total. The van der Waals surface area contributed by atoms with E-state index in [4.69, 9.17) is 9.57 Å². The van der Waals surface area contributed by atoms with Crippen LogP contribution in [0.3, 0.4) is 0 Å². The van der Waals surface area contributed by atoms with Crippen LogP contribution in [0.2, 0.25) is 0 Å². The Bertz CT molecular complexity index is 972. The van der Waals surface area contributed by atoms with Crippen molar-refractivity contribution in [3.63, 3.8) is 0 Å². The molecule has 4 aliphatic rings. The summed E-state index contributed by atoms with van der Waals surface area (Å²) >= 11 is 0. The van der Waals surface area contributed by atoms with Crippen molar-refractivity contribution < 1.29 is 14.2 Å². The number of fused-ring (bicyclic) bond motifs is 3. The van der Waals surface area contributed by atoms with Gasteiger partial charge < -0.3 is 10.1 Å². The van der Waals surface area contributed by atoms with Crippen LogP contribution >= 0.6 is 0 Å². The number of nitrogens with one attached hydrogen (secondary N) is 1. The van der Waals surface area contributed by atoms with E-state index in [-0.39, 0.29) is 4.65 Å². The Morgan fingerprint density at radius 2 is 2.16 bits per heavy atom.